The summed E-state index contributed by atoms with van der Waals surface area (Å²) in [6.45, 7) is 3.69. The number of aromatic nitrogens is 2. The van der Waals surface area contributed by atoms with Crippen LogP contribution >= 0.6 is 11.3 Å². The number of para-hydroxylation sites is 1. The molecule has 0 atom stereocenters. The molecule has 0 fully saturated rings. The topological polar surface area (TPSA) is 41.3 Å². The molecule has 0 amide bonds. The average molecular weight is 351 g/mol. The minimum Gasteiger partial charge on any atom is -0.384 e. The third kappa shape index (κ3) is 4.58. The molecular weight excluding hydrogens is 330 g/mol. The van der Waals surface area contributed by atoms with Crippen LogP contribution in [-0.4, -0.2) is 33.4 Å². The standard InChI is InChI=1S/C20H21N3OS/c1-16-6-3-4-8-20(16)23-13-18(11-21-23)12-22(2)14-19-10-17(15-25-19)7-5-9-24/h3-4,6,8,10-11,13,15,24H,9,12,14H2,1-2H3. The highest BCUT2D eigenvalue weighted by molar-refractivity contribution is 7.10. The van der Waals surface area contributed by atoms with Crippen molar-refractivity contribution in [1.82, 2.24) is 14.7 Å². The summed E-state index contributed by atoms with van der Waals surface area (Å²) >= 11 is 1.70. The van der Waals surface area contributed by atoms with Gasteiger partial charge in [-0.15, -0.1) is 11.3 Å². The second-order valence-corrected chi connectivity index (χ2v) is 7.01. The Morgan fingerprint density at radius 2 is 2.12 bits per heavy atom. The fourth-order valence-electron chi connectivity index (χ4n) is 2.70. The van der Waals surface area contributed by atoms with E-state index in [9.17, 15) is 0 Å². The molecule has 0 aliphatic heterocycles. The Balaban J connectivity index is 1.63. The van der Waals surface area contributed by atoms with Crippen LogP contribution in [0.15, 0.2) is 48.1 Å². The molecule has 2 aromatic heterocycles. The van der Waals surface area contributed by atoms with Gasteiger partial charge in [0.25, 0.3) is 0 Å². The van der Waals surface area contributed by atoms with Gasteiger partial charge in [0.1, 0.15) is 6.61 Å². The number of thiophene rings is 1. The highest BCUT2D eigenvalue weighted by Crippen LogP contribution is 2.18. The van der Waals surface area contributed by atoms with E-state index in [0.29, 0.717) is 0 Å². The van der Waals surface area contributed by atoms with E-state index < -0.39 is 0 Å². The third-order valence-corrected chi connectivity index (χ3v) is 4.76. The van der Waals surface area contributed by atoms with Crippen LogP contribution in [0.25, 0.3) is 5.69 Å². The van der Waals surface area contributed by atoms with E-state index in [4.69, 9.17) is 5.11 Å². The van der Waals surface area contributed by atoms with Crippen molar-refractivity contribution >= 4 is 11.3 Å². The van der Waals surface area contributed by atoms with E-state index in [1.807, 2.05) is 28.4 Å². The van der Waals surface area contributed by atoms with Crippen molar-refractivity contribution in [2.75, 3.05) is 13.7 Å². The van der Waals surface area contributed by atoms with E-state index in [1.54, 1.807) is 11.3 Å². The van der Waals surface area contributed by atoms with Crippen molar-refractivity contribution < 1.29 is 5.11 Å². The molecule has 0 saturated carbocycles. The van der Waals surface area contributed by atoms with Crippen LogP contribution in [0.4, 0.5) is 0 Å². The molecule has 2 heterocycles. The molecule has 128 valence electrons. The summed E-state index contributed by atoms with van der Waals surface area (Å²) in [5.41, 5.74) is 4.47. The Bertz CT molecular complexity index is 901. The maximum atomic E-state index is 8.76. The summed E-state index contributed by atoms with van der Waals surface area (Å²) in [6.07, 6.45) is 4.01. The molecular formula is C20H21N3OS. The summed E-state index contributed by atoms with van der Waals surface area (Å²) in [6, 6.07) is 10.3. The van der Waals surface area contributed by atoms with Crippen molar-refractivity contribution in [2.45, 2.75) is 20.0 Å². The van der Waals surface area contributed by atoms with Gasteiger partial charge in [0.2, 0.25) is 0 Å². The highest BCUT2D eigenvalue weighted by Gasteiger charge is 2.08. The molecule has 25 heavy (non-hydrogen) atoms. The Kier molecular flexibility index (Phi) is 5.67. The quantitative estimate of drug-likeness (QED) is 0.718. The van der Waals surface area contributed by atoms with Crippen molar-refractivity contribution in [2.24, 2.45) is 0 Å². The summed E-state index contributed by atoms with van der Waals surface area (Å²) in [7, 11) is 2.10. The number of hydrogen-bond acceptors (Lipinski definition) is 4. The second-order valence-electron chi connectivity index (χ2n) is 6.01. The number of aliphatic hydroxyl groups is 1. The molecule has 0 aliphatic rings. The number of benzene rings is 1. The molecule has 1 aromatic carbocycles. The van der Waals surface area contributed by atoms with Crippen molar-refractivity contribution in [1.29, 1.82) is 0 Å². The van der Waals surface area contributed by atoms with Gasteiger partial charge >= 0.3 is 0 Å². The monoisotopic (exact) mass is 351 g/mol. The first kappa shape index (κ1) is 17.4. The molecule has 0 saturated heterocycles. The predicted molar refractivity (Wildman–Crippen MR) is 102 cm³/mol. The van der Waals surface area contributed by atoms with Gasteiger partial charge in [-0.2, -0.15) is 5.10 Å². The Hall–Kier alpha value is -2.39. The van der Waals surface area contributed by atoms with Crippen LogP contribution in [0.3, 0.4) is 0 Å². The zero-order valence-corrected chi connectivity index (χ0v) is 15.3. The van der Waals surface area contributed by atoms with Crippen LogP contribution in [0, 0.1) is 18.8 Å². The van der Waals surface area contributed by atoms with Gasteiger partial charge in [0.15, 0.2) is 0 Å². The zero-order chi connectivity index (χ0) is 17.6. The second kappa shape index (κ2) is 8.13. The summed E-state index contributed by atoms with van der Waals surface area (Å²) in [5, 5.41) is 15.3. The first-order chi connectivity index (χ1) is 12.2. The van der Waals surface area contributed by atoms with E-state index in [0.717, 1.165) is 24.3 Å². The van der Waals surface area contributed by atoms with Gasteiger partial charge in [0, 0.05) is 40.7 Å². The lowest BCUT2D eigenvalue weighted by Crippen LogP contribution is -2.16. The first-order valence-electron chi connectivity index (χ1n) is 8.11. The molecule has 3 aromatic rings. The minimum atomic E-state index is -0.101. The molecule has 5 heteroatoms. The minimum absolute atomic E-state index is 0.101. The normalized spacial score (nSPS) is 10.7. The molecule has 3 rings (SSSR count). The lowest BCUT2D eigenvalue weighted by Gasteiger charge is -2.14. The summed E-state index contributed by atoms with van der Waals surface area (Å²) in [4.78, 5) is 3.52. The maximum Gasteiger partial charge on any atom is 0.104 e. The zero-order valence-electron chi connectivity index (χ0n) is 14.4. The van der Waals surface area contributed by atoms with E-state index >= 15 is 0 Å². The molecule has 0 unspecified atom stereocenters. The van der Waals surface area contributed by atoms with Gasteiger partial charge in [-0.05, 0) is 31.7 Å². The van der Waals surface area contributed by atoms with Crippen LogP contribution in [-0.2, 0) is 13.1 Å². The largest absolute Gasteiger partial charge is 0.384 e. The number of aryl methyl sites for hydroxylation is 1. The number of hydrogen-bond donors (Lipinski definition) is 1. The maximum absolute atomic E-state index is 8.76. The summed E-state index contributed by atoms with van der Waals surface area (Å²) < 4.78 is 1.94. The van der Waals surface area contributed by atoms with E-state index in [2.05, 4.69) is 60.2 Å². The number of rotatable bonds is 5. The van der Waals surface area contributed by atoms with Crippen molar-refractivity contribution in [3.05, 3.63) is 69.7 Å². The van der Waals surface area contributed by atoms with Crippen molar-refractivity contribution in [3.63, 3.8) is 0 Å². The third-order valence-electron chi connectivity index (χ3n) is 3.84. The lowest BCUT2D eigenvalue weighted by molar-refractivity contribution is 0.322. The first-order valence-corrected chi connectivity index (χ1v) is 8.99. The predicted octanol–water partition coefficient (Wildman–Crippen LogP) is 3.22. The molecule has 0 spiro atoms. The van der Waals surface area contributed by atoms with Gasteiger partial charge < -0.3 is 5.11 Å². The molecule has 1 N–H and O–H groups in total. The molecule has 4 nitrogen and oxygen atoms in total. The molecule has 0 aliphatic carbocycles. The number of aliphatic hydroxyl groups excluding tert-OH is 1. The highest BCUT2D eigenvalue weighted by atomic mass is 32.1. The Labute approximate surface area is 152 Å². The molecule has 0 bridgehead atoms. The fourth-order valence-corrected chi connectivity index (χ4v) is 3.59. The Morgan fingerprint density at radius 3 is 2.92 bits per heavy atom. The molecule has 0 radical (unpaired) electrons. The SMILES string of the molecule is Cc1ccccc1-n1cc(CN(C)Cc2cc(C#CCO)cs2)cn1. The van der Waals surface area contributed by atoms with Crippen molar-refractivity contribution in [3.8, 4) is 17.5 Å². The fraction of sp³-hybridized carbons (Fsp3) is 0.250. The van der Waals surface area contributed by atoms with E-state index in [-0.39, 0.29) is 6.61 Å². The lowest BCUT2D eigenvalue weighted by atomic mass is 10.2. The van der Waals surface area contributed by atoms with Crippen LogP contribution in [0.1, 0.15) is 21.6 Å². The van der Waals surface area contributed by atoms with E-state index in [1.165, 1.54) is 16.0 Å². The summed E-state index contributed by atoms with van der Waals surface area (Å²) in [5.74, 6) is 5.62. The van der Waals surface area contributed by atoms with Crippen LogP contribution in [0.5, 0.6) is 0 Å². The Morgan fingerprint density at radius 1 is 1.28 bits per heavy atom. The number of nitrogens with zero attached hydrogens (tertiary/aromatic N) is 3. The van der Waals surface area contributed by atoms with Gasteiger partial charge in [-0.25, -0.2) is 4.68 Å². The van der Waals surface area contributed by atoms with Gasteiger partial charge in [0.05, 0.1) is 11.9 Å². The van der Waals surface area contributed by atoms with Crippen LogP contribution < -0.4 is 0 Å². The van der Waals surface area contributed by atoms with Gasteiger partial charge in [-0.3, -0.25) is 4.90 Å². The average Bonchev–Trinajstić information content (AvgIpc) is 3.23. The van der Waals surface area contributed by atoms with Crippen LogP contribution in [0.2, 0.25) is 0 Å². The van der Waals surface area contributed by atoms with Gasteiger partial charge in [-0.1, -0.05) is 30.0 Å². The smallest absolute Gasteiger partial charge is 0.104 e.